The van der Waals surface area contributed by atoms with Gasteiger partial charge in [-0.3, -0.25) is 9.59 Å². The van der Waals surface area contributed by atoms with Crippen LogP contribution < -0.4 is 10.9 Å². The van der Waals surface area contributed by atoms with E-state index < -0.39 is 0 Å². The molecule has 0 aliphatic heterocycles. The van der Waals surface area contributed by atoms with E-state index in [9.17, 15) is 9.59 Å². The van der Waals surface area contributed by atoms with Crippen LogP contribution in [-0.2, 0) is 11.3 Å². The van der Waals surface area contributed by atoms with E-state index in [0.717, 1.165) is 34.2 Å². The number of nitrogens with zero attached hydrogens (tertiary/aromatic N) is 4. The minimum Gasteiger partial charge on any atom is -0.309 e. The summed E-state index contributed by atoms with van der Waals surface area (Å²) in [6.07, 6.45) is 3.81. The lowest BCUT2D eigenvalue weighted by Crippen LogP contribution is -2.31. The molecule has 4 rings (SSSR count). The Kier molecular flexibility index (Phi) is 4.97. The molecule has 0 unspecified atom stereocenters. The molecule has 0 spiro atoms. The number of rotatable bonds is 5. The van der Waals surface area contributed by atoms with Crippen LogP contribution in [0.2, 0.25) is 0 Å². The Balaban J connectivity index is 1.63. The van der Waals surface area contributed by atoms with E-state index in [-0.39, 0.29) is 23.9 Å². The molecule has 1 amide bonds. The summed E-state index contributed by atoms with van der Waals surface area (Å²) in [4.78, 5) is 34.0. The van der Waals surface area contributed by atoms with E-state index in [4.69, 9.17) is 0 Å². The molecule has 8 heteroatoms. The minimum absolute atomic E-state index is 0.106. The van der Waals surface area contributed by atoms with Gasteiger partial charge in [-0.1, -0.05) is 29.8 Å². The summed E-state index contributed by atoms with van der Waals surface area (Å²) < 4.78 is 2.11. The Labute approximate surface area is 170 Å². The summed E-state index contributed by atoms with van der Waals surface area (Å²) in [5.41, 5.74) is 0.491. The maximum atomic E-state index is 12.8. The first-order valence-electron chi connectivity index (χ1n) is 9.25. The highest BCUT2D eigenvalue weighted by Crippen LogP contribution is 2.38. The van der Waals surface area contributed by atoms with Gasteiger partial charge in [-0.05, 0) is 43.0 Å². The van der Waals surface area contributed by atoms with Gasteiger partial charge in [0.15, 0.2) is 0 Å². The summed E-state index contributed by atoms with van der Waals surface area (Å²) in [6.45, 7) is 3.85. The largest absolute Gasteiger partial charge is 0.309 e. The zero-order valence-corrected chi connectivity index (χ0v) is 17.2. The number of nitrogens with one attached hydrogen (secondary N) is 1. The predicted molar refractivity (Wildman–Crippen MR) is 110 cm³/mol. The quantitative estimate of drug-likeness (QED) is 0.653. The van der Waals surface area contributed by atoms with Crippen molar-refractivity contribution in [3.8, 4) is 0 Å². The molecular formula is C20H20BrN5O2. The molecule has 0 bridgehead atoms. The normalized spacial score (nSPS) is 13.9. The van der Waals surface area contributed by atoms with Crippen molar-refractivity contribution in [3.05, 3.63) is 56.8 Å². The van der Waals surface area contributed by atoms with Crippen molar-refractivity contribution in [2.45, 2.75) is 45.1 Å². The fourth-order valence-corrected chi connectivity index (χ4v) is 3.48. The fourth-order valence-electron chi connectivity index (χ4n) is 3.12. The van der Waals surface area contributed by atoms with Gasteiger partial charge in [0.1, 0.15) is 18.2 Å². The third kappa shape index (κ3) is 3.82. The summed E-state index contributed by atoms with van der Waals surface area (Å²) >= 11 is 3.44. The molecule has 1 aliphatic rings. The second-order valence-corrected chi connectivity index (χ2v) is 8.23. The zero-order chi connectivity index (χ0) is 19.8. The maximum Gasteiger partial charge on any atom is 0.275 e. The van der Waals surface area contributed by atoms with Crippen molar-refractivity contribution < 1.29 is 4.79 Å². The smallest absolute Gasteiger partial charge is 0.275 e. The Morgan fingerprint density at radius 3 is 2.79 bits per heavy atom. The van der Waals surface area contributed by atoms with Crippen LogP contribution in [0.15, 0.2) is 39.7 Å². The molecule has 2 aromatic heterocycles. The van der Waals surface area contributed by atoms with Crippen molar-refractivity contribution >= 4 is 38.4 Å². The molecule has 0 atom stereocenters. The Bertz CT molecular complexity index is 1120. The van der Waals surface area contributed by atoms with Crippen molar-refractivity contribution in [1.29, 1.82) is 0 Å². The number of aromatic nitrogens is 4. The third-order valence-corrected chi connectivity index (χ3v) is 5.17. The highest BCUT2D eigenvalue weighted by Gasteiger charge is 2.26. The van der Waals surface area contributed by atoms with Gasteiger partial charge in [0, 0.05) is 22.0 Å². The van der Waals surface area contributed by atoms with Crippen LogP contribution >= 0.6 is 15.9 Å². The number of halogens is 1. The summed E-state index contributed by atoms with van der Waals surface area (Å²) in [6, 6.07) is 7.12. The highest BCUT2D eigenvalue weighted by molar-refractivity contribution is 9.10. The molecule has 7 nitrogen and oxygen atoms in total. The van der Waals surface area contributed by atoms with Crippen LogP contribution in [0.4, 0.5) is 5.82 Å². The number of hydrogen-bond donors (Lipinski definition) is 1. The van der Waals surface area contributed by atoms with Crippen LogP contribution in [0.25, 0.3) is 10.8 Å². The molecule has 3 aromatic rings. The minimum atomic E-state index is -0.346. The SMILES string of the molecule is CC(C)c1nn(CC(=O)Nc2ccnc(C3CC3)n2)c(=O)c2ccc(Br)cc12. The Morgan fingerprint density at radius 1 is 1.29 bits per heavy atom. The van der Waals surface area contributed by atoms with Gasteiger partial charge in [0.25, 0.3) is 5.56 Å². The molecular weight excluding hydrogens is 422 g/mol. The van der Waals surface area contributed by atoms with Gasteiger partial charge in [0.2, 0.25) is 5.91 Å². The van der Waals surface area contributed by atoms with Crippen LogP contribution in [0.1, 0.15) is 50.0 Å². The van der Waals surface area contributed by atoms with Crippen LogP contribution in [0, 0.1) is 0 Å². The molecule has 1 fully saturated rings. The lowest BCUT2D eigenvalue weighted by molar-refractivity contribution is -0.117. The van der Waals surface area contributed by atoms with Crippen molar-refractivity contribution in [2.75, 3.05) is 5.32 Å². The van der Waals surface area contributed by atoms with Gasteiger partial charge >= 0.3 is 0 Å². The predicted octanol–water partition coefficient (Wildman–Crippen LogP) is 3.59. The van der Waals surface area contributed by atoms with Gasteiger partial charge in [-0.2, -0.15) is 5.10 Å². The molecule has 0 radical (unpaired) electrons. The number of carbonyl (C=O) groups excluding carboxylic acids is 1. The Morgan fingerprint density at radius 2 is 2.07 bits per heavy atom. The molecule has 1 N–H and O–H groups in total. The van der Waals surface area contributed by atoms with E-state index in [2.05, 4.69) is 36.3 Å². The number of amides is 1. The van der Waals surface area contributed by atoms with E-state index in [0.29, 0.717) is 17.1 Å². The van der Waals surface area contributed by atoms with Crippen molar-refractivity contribution in [3.63, 3.8) is 0 Å². The number of carbonyl (C=O) groups is 1. The number of hydrogen-bond acceptors (Lipinski definition) is 5. The lowest BCUT2D eigenvalue weighted by atomic mass is 10.0. The lowest BCUT2D eigenvalue weighted by Gasteiger charge is -2.13. The first-order chi connectivity index (χ1) is 13.4. The topological polar surface area (TPSA) is 89.8 Å². The third-order valence-electron chi connectivity index (χ3n) is 4.68. The van der Waals surface area contributed by atoms with E-state index in [1.165, 1.54) is 4.68 Å². The van der Waals surface area contributed by atoms with Crippen LogP contribution in [-0.4, -0.2) is 25.7 Å². The summed E-state index contributed by atoms with van der Waals surface area (Å²) in [7, 11) is 0. The fraction of sp³-hybridized carbons (Fsp3) is 0.350. The summed E-state index contributed by atoms with van der Waals surface area (Å²) in [5, 5.41) is 8.57. The van der Waals surface area contributed by atoms with Crippen LogP contribution in [0.3, 0.4) is 0 Å². The first-order valence-corrected chi connectivity index (χ1v) is 10.0. The monoisotopic (exact) mass is 441 g/mol. The van der Waals surface area contributed by atoms with Crippen LogP contribution in [0.5, 0.6) is 0 Å². The average Bonchev–Trinajstić information content (AvgIpc) is 3.49. The number of fused-ring (bicyclic) bond motifs is 1. The molecule has 1 saturated carbocycles. The van der Waals surface area contributed by atoms with Gasteiger partial charge in [-0.15, -0.1) is 0 Å². The van der Waals surface area contributed by atoms with E-state index in [1.54, 1.807) is 18.3 Å². The average molecular weight is 442 g/mol. The molecule has 0 saturated heterocycles. The molecule has 144 valence electrons. The van der Waals surface area contributed by atoms with Gasteiger partial charge in [-0.25, -0.2) is 14.6 Å². The number of anilines is 1. The number of benzene rings is 1. The first kappa shape index (κ1) is 18.7. The van der Waals surface area contributed by atoms with Gasteiger partial charge in [0.05, 0.1) is 11.1 Å². The standard InChI is InChI=1S/C20H20BrN5O2/c1-11(2)18-15-9-13(21)5-6-14(15)20(28)26(25-18)10-17(27)23-16-7-8-22-19(24-16)12-3-4-12/h5-9,11-12H,3-4,10H2,1-2H3,(H,22,23,24,27). The molecule has 28 heavy (non-hydrogen) atoms. The zero-order valence-electron chi connectivity index (χ0n) is 15.6. The molecule has 1 aromatic carbocycles. The molecule has 1 aliphatic carbocycles. The van der Waals surface area contributed by atoms with E-state index in [1.807, 2.05) is 26.0 Å². The summed E-state index contributed by atoms with van der Waals surface area (Å²) in [5.74, 6) is 1.36. The van der Waals surface area contributed by atoms with Crippen molar-refractivity contribution in [1.82, 2.24) is 19.7 Å². The highest BCUT2D eigenvalue weighted by atomic mass is 79.9. The van der Waals surface area contributed by atoms with Gasteiger partial charge < -0.3 is 5.32 Å². The maximum absolute atomic E-state index is 12.8. The Hall–Kier alpha value is -2.61. The van der Waals surface area contributed by atoms with Crippen molar-refractivity contribution in [2.24, 2.45) is 0 Å². The molecule has 2 heterocycles. The second kappa shape index (κ2) is 7.43. The van der Waals surface area contributed by atoms with E-state index >= 15 is 0 Å². The second-order valence-electron chi connectivity index (χ2n) is 7.32.